The molecule has 0 bridgehead atoms. The number of carbonyl (C=O) groups is 2. The van der Waals surface area contributed by atoms with Crippen molar-refractivity contribution in [3.63, 3.8) is 0 Å². The molecule has 1 unspecified atom stereocenters. The number of rotatable bonds is 8. The fourth-order valence-corrected chi connectivity index (χ4v) is 1.25. The van der Waals surface area contributed by atoms with Crippen molar-refractivity contribution in [2.75, 3.05) is 33.4 Å². The van der Waals surface area contributed by atoms with Crippen molar-refractivity contribution in [1.29, 1.82) is 5.26 Å². The predicted molar refractivity (Wildman–Crippen MR) is 63.3 cm³/mol. The summed E-state index contributed by atoms with van der Waals surface area (Å²) in [5.74, 6) is -1.32. The third-order valence-electron chi connectivity index (χ3n) is 2.18. The predicted octanol–water partition coefficient (Wildman–Crippen LogP) is -0.735. The molecule has 7 nitrogen and oxygen atoms in total. The van der Waals surface area contributed by atoms with Crippen LogP contribution in [0.25, 0.3) is 0 Å². The molecule has 0 aliphatic rings. The summed E-state index contributed by atoms with van der Waals surface area (Å²) < 4.78 is 9.53. The third kappa shape index (κ3) is 5.61. The van der Waals surface area contributed by atoms with Gasteiger partial charge in [0.1, 0.15) is 0 Å². The van der Waals surface area contributed by atoms with Gasteiger partial charge in [-0.3, -0.25) is 4.79 Å². The van der Waals surface area contributed by atoms with E-state index in [0.717, 1.165) is 0 Å². The molecule has 2 N–H and O–H groups in total. The van der Waals surface area contributed by atoms with Crippen LogP contribution in [-0.2, 0) is 19.1 Å². The van der Waals surface area contributed by atoms with E-state index in [2.05, 4.69) is 4.74 Å². The van der Waals surface area contributed by atoms with Crippen molar-refractivity contribution in [1.82, 2.24) is 4.90 Å². The van der Waals surface area contributed by atoms with Gasteiger partial charge in [-0.05, 0) is 6.92 Å². The SMILES string of the molecule is CCOC(=O)C(N)C(=O)N(CCC#N)CCOC. The van der Waals surface area contributed by atoms with Gasteiger partial charge in [0, 0.05) is 20.2 Å². The summed E-state index contributed by atoms with van der Waals surface area (Å²) in [6.45, 7) is 2.60. The van der Waals surface area contributed by atoms with E-state index in [9.17, 15) is 9.59 Å². The summed E-state index contributed by atoms with van der Waals surface area (Å²) >= 11 is 0. The van der Waals surface area contributed by atoms with Crippen LogP contribution in [0.1, 0.15) is 13.3 Å². The highest BCUT2D eigenvalue weighted by Crippen LogP contribution is 1.98. The van der Waals surface area contributed by atoms with E-state index < -0.39 is 17.9 Å². The molecular weight excluding hydrogens is 238 g/mol. The minimum absolute atomic E-state index is 0.163. The number of ether oxygens (including phenoxy) is 2. The lowest BCUT2D eigenvalue weighted by Gasteiger charge is -2.23. The summed E-state index contributed by atoms with van der Waals surface area (Å²) in [7, 11) is 1.50. The Morgan fingerprint density at radius 2 is 2.11 bits per heavy atom. The molecule has 0 rings (SSSR count). The Balaban J connectivity index is 4.51. The minimum Gasteiger partial charge on any atom is -0.464 e. The molecule has 0 heterocycles. The van der Waals surface area contributed by atoms with Crippen molar-refractivity contribution in [2.24, 2.45) is 5.73 Å². The van der Waals surface area contributed by atoms with Crippen molar-refractivity contribution in [3.8, 4) is 6.07 Å². The van der Waals surface area contributed by atoms with Crippen molar-refractivity contribution < 1.29 is 19.1 Å². The van der Waals surface area contributed by atoms with Gasteiger partial charge in [-0.1, -0.05) is 0 Å². The molecule has 0 aliphatic carbocycles. The number of esters is 1. The first-order chi connectivity index (χ1) is 8.58. The lowest BCUT2D eigenvalue weighted by molar-refractivity contribution is -0.151. The number of nitrogens with two attached hydrogens (primary N) is 1. The Labute approximate surface area is 106 Å². The number of nitrogens with zero attached hydrogens (tertiary/aromatic N) is 2. The van der Waals surface area contributed by atoms with Crippen LogP contribution in [0.3, 0.4) is 0 Å². The molecule has 102 valence electrons. The molecule has 0 saturated carbocycles. The zero-order valence-electron chi connectivity index (χ0n) is 10.7. The Morgan fingerprint density at radius 3 is 2.61 bits per heavy atom. The van der Waals surface area contributed by atoms with Gasteiger partial charge in [0.2, 0.25) is 0 Å². The summed E-state index contributed by atoms with van der Waals surface area (Å²) in [5.41, 5.74) is 5.50. The smallest absolute Gasteiger partial charge is 0.332 e. The highest BCUT2D eigenvalue weighted by Gasteiger charge is 2.27. The number of hydrogen-bond donors (Lipinski definition) is 1. The largest absolute Gasteiger partial charge is 0.464 e. The van der Waals surface area contributed by atoms with E-state index in [1.807, 2.05) is 6.07 Å². The van der Waals surface area contributed by atoms with Gasteiger partial charge in [-0.25, -0.2) is 4.79 Å². The molecule has 18 heavy (non-hydrogen) atoms. The van der Waals surface area contributed by atoms with Crippen molar-refractivity contribution >= 4 is 11.9 Å². The maximum atomic E-state index is 11.9. The van der Waals surface area contributed by atoms with Crippen LogP contribution in [0.5, 0.6) is 0 Å². The Hall–Kier alpha value is -1.65. The van der Waals surface area contributed by atoms with Gasteiger partial charge >= 0.3 is 5.97 Å². The van der Waals surface area contributed by atoms with Crippen LogP contribution < -0.4 is 5.73 Å². The van der Waals surface area contributed by atoms with Crippen LogP contribution in [0, 0.1) is 11.3 Å². The lowest BCUT2D eigenvalue weighted by Crippen LogP contribution is -2.50. The van der Waals surface area contributed by atoms with Crippen molar-refractivity contribution in [3.05, 3.63) is 0 Å². The monoisotopic (exact) mass is 257 g/mol. The van der Waals surface area contributed by atoms with Gasteiger partial charge in [0.05, 0.1) is 25.7 Å². The van der Waals surface area contributed by atoms with Gasteiger partial charge in [0.25, 0.3) is 5.91 Å². The molecule has 0 spiro atoms. The fourth-order valence-electron chi connectivity index (χ4n) is 1.25. The first kappa shape index (κ1) is 16.4. The van der Waals surface area contributed by atoms with Gasteiger partial charge in [0.15, 0.2) is 6.04 Å². The second-order valence-corrected chi connectivity index (χ2v) is 3.46. The number of amides is 1. The quantitative estimate of drug-likeness (QED) is 0.453. The Kier molecular flexibility index (Phi) is 8.53. The van der Waals surface area contributed by atoms with E-state index in [0.29, 0.717) is 6.61 Å². The number of carbonyl (C=O) groups excluding carboxylic acids is 2. The topological polar surface area (TPSA) is 106 Å². The average molecular weight is 257 g/mol. The fraction of sp³-hybridized carbons (Fsp3) is 0.727. The molecule has 0 radical (unpaired) electrons. The van der Waals surface area contributed by atoms with Gasteiger partial charge < -0.3 is 20.1 Å². The van der Waals surface area contributed by atoms with E-state index in [-0.39, 0.29) is 26.1 Å². The highest BCUT2D eigenvalue weighted by atomic mass is 16.5. The lowest BCUT2D eigenvalue weighted by atomic mass is 10.2. The molecule has 7 heteroatoms. The second kappa shape index (κ2) is 9.39. The van der Waals surface area contributed by atoms with E-state index >= 15 is 0 Å². The van der Waals surface area contributed by atoms with E-state index in [1.54, 1.807) is 6.92 Å². The van der Waals surface area contributed by atoms with Gasteiger partial charge in [-0.15, -0.1) is 0 Å². The zero-order chi connectivity index (χ0) is 14.0. The summed E-state index contributed by atoms with van der Waals surface area (Å²) in [5, 5.41) is 8.51. The van der Waals surface area contributed by atoms with Gasteiger partial charge in [-0.2, -0.15) is 5.26 Å². The van der Waals surface area contributed by atoms with Crippen LogP contribution >= 0.6 is 0 Å². The molecule has 0 aromatic rings. The molecule has 1 atom stereocenters. The maximum absolute atomic E-state index is 11.9. The number of hydrogen-bond acceptors (Lipinski definition) is 6. The maximum Gasteiger partial charge on any atom is 0.332 e. The van der Waals surface area contributed by atoms with E-state index in [1.165, 1.54) is 12.0 Å². The zero-order valence-corrected chi connectivity index (χ0v) is 10.7. The summed E-state index contributed by atoms with van der Waals surface area (Å²) in [4.78, 5) is 24.6. The Bertz CT molecular complexity index is 314. The Morgan fingerprint density at radius 1 is 1.44 bits per heavy atom. The highest BCUT2D eigenvalue weighted by molar-refractivity contribution is 6.01. The first-order valence-electron chi connectivity index (χ1n) is 5.65. The van der Waals surface area contributed by atoms with Crippen LogP contribution in [0.4, 0.5) is 0 Å². The van der Waals surface area contributed by atoms with E-state index in [4.69, 9.17) is 15.7 Å². The van der Waals surface area contributed by atoms with Crippen LogP contribution in [0.15, 0.2) is 0 Å². The average Bonchev–Trinajstić information content (AvgIpc) is 2.37. The third-order valence-corrected chi connectivity index (χ3v) is 2.18. The molecule has 0 aliphatic heterocycles. The molecular formula is C11H19N3O4. The molecule has 0 saturated heterocycles. The number of methoxy groups -OCH3 is 1. The first-order valence-corrected chi connectivity index (χ1v) is 5.65. The van der Waals surface area contributed by atoms with Crippen LogP contribution in [-0.4, -0.2) is 56.2 Å². The van der Waals surface area contributed by atoms with Crippen LogP contribution in [0.2, 0.25) is 0 Å². The summed E-state index contributed by atoms with van der Waals surface area (Å²) in [6.07, 6.45) is 0.172. The summed E-state index contributed by atoms with van der Waals surface area (Å²) in [6, 6.07) is 0.584. The molecule has 1 amide bonds. The normalized spacial score (nSPS) is 11.4. The molecule has 0 aromatic heterocycles. The molecule has 0 fully saturated rings. The standard InChI is InChI=1S/C11H19N3O4/c1-3-18-11(16)9(13)10(15)14(6-4-5-12)7-8-17-2/h9H,3-4,6-8,13H2,1-2H3. The minimum atomic E-state index is -1.35. The second-order valence-electron chi connectivity index (χ2n) is 3.46. The molecule has 0 aromatic carbocycles. The number of nitriles is 1. The van der Waals surface area contributed by atoms with Crippen molar-refractivity contribution in [2.45, 2.75) is 19.4 Å².